The number of nitrogens with zero attached hydrogens (tertiary/aromatic N) is 1. The van der Waals surface area contributed by atoms with Crippen LogP contribution in [0, 0.1) is 17.8 Å². The van der Waals surface area contributed by atoms with Crippen molar-refractivity contribution in [1.82, 2.24) is 20.5 Å². The van der Waals surface area contributed by atoms with Crippen molar-refractivity contribution in [2.24, 2.45) is 17.8 Å². The van der Waals surface area contributed by atoms with E-state index in [1.54, 1.807) is 17.9 Å². The number of aromatic amines is 1. The van der Waals surface area contributed by atoms with Crippen molar-refractivity contribution in [3.8, 4) is 11.3 Å². The monoisotopic (exact) mass is 490 g/mol. The maximum absolute atomic E-state index is 13.7. The summed E-state index contributed by atoms with van der Waals surface area (Å²) in [5.74, 6) is -0.523. The molecule has 2 saturated heterocycles. The number of hydrogen-bond donors (Lipinski definition) is 3. The molecular weight excluding hydrogens is 456 g/mol. The van der Waals surface area contributed by atoms with Crippen LogP contribution in [-0.2, 0) is 14.4 Å². The van der Waals surface area contributed by atoms with Gasteiger partial charge in [-0.15, -0.1) is 0 Å². The lowest BCUT2D eigenvalue weighted by Gasteiger charge is -2.29. The van der Waals surface area contributed by atoms with E-state index in [2.05, 4.69) is 15.6 Å². The van der Waals surface area contributed by atoms with Crippen LogP contribution in [0.15, 0.2) is 42.5 Å². The molecule has 5 rings (SSSR count). The van der Waals surface area contributed by atoms with Gasteiger partial charge in [0.05, 0.1) is 6.04 Å². The lowest BCUT2D eigenvalue weighted by atomic mass is 9.91. The first-order chi connectivity index (χ1) is 17.5. The van der Waals surface area contributed by atoms with Crippen molar-refractivity contribution in [2.75, 3.05) is 13.1 Å². The number of benzene rings is 1. The number of aromatic nitrogens is 1. The first-order valence-corrected chi connectivity index (χ1v) is 13.1. The number of ketones is 1. The van der Waals surface area contributed by atoms with Crippen molar-refractivity contribution < 1.29 is 19.2 Å². The molecule has 0 bridgehead atoms. The normalized spacial score (nSPS) is 25.9. The molecule has 3 heterocycles. The number of amides is 3. The van der Waals surface area contributed by atoms with Gasteiger partial charge in [-0.05, 0) is 55.2 Å². The second-order valence-corrected chi connectivity index (χ2v) is 10.3. The summed E-state index contributed by atoms with van der Waals surface area (Å²) in [5.41, 5.74) is 2.29. The van der Waals surface area contributed by atoms with Crippen LogP contribution in [0.5, 0.6) is 0 Å². The number of rotatable bonds is 8. The minimum absolute atomic E-state index is 0.0624. The number of hydrogen-bond acceptors (Lipinski definition) is 4. The number of carbonyl (C=O) groups is 4. The van der Waals surface area contributed by atoms with Gasteiger partial charge >= 0.3 is 0 Å². The molecule has 8 nitrogen and oxygen atoms in total. The molecule has 3 amide bonds. The van der Waals surface area contributed by atoms with Gasteiger partial charge in [-0.2, -0.15) is 0 Å². The smallest absolute Gasteiger partial charge is 0.270 e. The molecule has 36 heavy (non-hydrogen) atoms. The van der Waals surface area contributed by atoms with E-state index in [4.69, 9.17) is 0 Å². The van der Waals surface area contributed by atoms with E-state index >= 15 is 0 Å². The Bertz CT molecular complexity index is 1140. The summed E-state index contributed by atoms with van der Waals surface area (Å²) < 4.78 is 0. The highest BCUT2D eigenvalue weighted by Crippen LogP contribution is 2.43. The van der Waals surface area contributed by atoms with Gasteiger partial charge in [0, 0.05) is 31.1 Å². The Balaban J connectivity index is 1.35. The predicted molar refractivity (Wildman–Crippen MR) is 135 cm³/mol. The molecule has 3 aliphatic rings. The molecule has 1 aliphatic carbocycles. The van der Waals surface area contributed by atoms with Crippen molar-refractivity contribution in [3.05, 3.63) is 48.2 Å². The third-order valence-corrected chi connectivity index (χ3v) is 8.16. The molecule has 2 aliphatic heterocycles. The summed E-state index contributed by atoms with van der Waals surface area (Å²) in [5, 5.41) is 5.77. The SMILES string of the molecule is CCC(=O)C(CC1CCNC1=O)NC(=O)C1C2CCCC2CN1C(=O)c1ccc(-c2ccccc2)[nH]1. The fourth-order valence-electron chi connectivity index (χ4n) is 6.24. The van der Waals surface area contributed by atoms with Gasteiger partial charge in [-0.1, -0.05) is 43.7 Å². The van der Waals surface area contributed by atoms with Gasteiger partial charge in [-0.3, -0.25) is 19.2 Å². The zero-order chi connectivity index (χ0) is 25.2. The molecule has 1 aromatic heterocycles. The van der Waals surface area contributed by atoms with Crippen LogP contribution in [0.2, 0.25) is 0 Å². The number of carbonyl (C=O) groups excluding carboxylic acids is 4. The molecule has 8 heteroatoms. The number of H-pyrrole nitrogens is 1. The summed E-state index contributed by atoms with van der Waals surface area (Å²) >= 11 is 0. The highest BCUT2D eigenvalue weighted by molar-refractivity contribution is 5.99. The van der Waals surface area contributed by atoms with Crippen molar-refractivity contribution >= 4 is 23.5 Å². The lowest BCUT2D eigenvalue weighted by molar-refractivity contribution is -0.132. The highest BCUT2D eigenvalue weighted by atomic mass is 16.2. The molecule has 5 unspecified atom stereocenters. The van der Waals surface area contributed by atoms with Crippen LogP contribution in [0.25, 0.3) is 11.3 Å². The Morgan fingerprint density at radius 1 is 1.08 bits per heavy atom. The van der Waals surface area contributed by atoms with Crippen LogP contribution in [0.1, 0.15) is 55.9 Å². The molecule has 2 aromatic rings. The third kappa shape index (κ3) is 4.68. The second-order valence-electron chi connectivity index (χ2n) is 10.3. The van der Waals surface area contributed by atoms with Gasteiger partial charge in [0.15, 0.2) is 5.78 Å². The van der Waals surface area contributed by atoms with Crippen LogP contribution >= 0.6 is 0 Å². The van der Waals surface area contributed by atoms with Crippen molar-refractivity contribution in [1.29, 1.82) is 0 Å². The first-order valence-electron chi connectivity index (χ1n) is 13.1. The molecule has 0 spiro atoms. The highest BCUT2D eigenvalue weighted by Gasteiger charge is 2.50. The fraction of sp³-hybridized carbons (Fsp3) is 0.500. The predicted octanol–water partition coefficient (Wildman–Crippen LogP) is 2.91. The van der Waals surface area contributed by atoms with Crippen LogP contribution in [0.4, 0.5) is 0 Å². The minimum Gasteiger partial charge on any atom is -0.356 e. The van der Waals surface area contributed by atoms with E-state index in [0.29, 0.717) is 31.6 Å². The third-order valence-electron chi connectivity index (χ3n) is 8.16. The Kier molecular flexibility index (Phi) is 6.94. The van der Waals surface area contributed by atoms with Crippen LogP contribution in [0.3, 0.4) is 0 Å². The summed E-state index contributed by atoms with van der Waals surface area (Å²) in [4.78, 5) is 57.1. The molecule has 5 atom stereocenters. The topological polar surface area (TPSA) is 111 Å². The lowest BCUT2D eigenvalue weighted by Crippen LogP contribution is -2.53. The zero-order valence-corrected chi connectivity index (χ0v) is 20.7. The summed E-state index contributed by atoms with van der Waals surface area (Å²) in [6.07, 6.45) is 4.18. The van der Waals surface area contributed by atoms with E-state index in [9.17, 15) is 19.2 Å². The Morgan fingerprint density at radius 2 is 1.89 bits per heavy atom. The van der Waals surface area contributed by atoms with Gasteiger partial charge in [-0.25, -0.2) is 0 Å². The van der Waals surface area contributed by atoms with Crippen molar-refractivity contribution in [2.45, 2.75) is 57.5 Å². The van der Waals surface area contributed by atoms with E-state index < -0.39 is 12.1 Å². The zero-order valence-electron chi connectivity index (χ0n) is 20.7. The van der Waals surface area contributed by atoms with Crippen molar-refractivity contribution in [3.63, 3.8) is 0 Å². The Labute approximate surface area is 211 Å². The maximum atomic E-state index is 13.7. The maximum Gasteiger partial charge on any atom is 0.270 e. The summed E-state index contributed by atoms with van der Waals surface area (Å²) in [6.45, 7) is 2.91. The summed E-state index contributed by atoms with van der Waals surface area (Å²) in [7, 11) is 0. The van der Waals surface area contributed by atoms with Gasteiger partial charge in [0.1, 0.15) is 11.7 Å². The molecule has 1 aromatic carbocycles. The van der Waals surface area contributed by atoms with E-state index in [1.165, 1.54) is 0 Å². The van der Waals surface area contributed by atoms with Gasteiger partial charge in [0.2, 0.25) is 11.8 Å². The average molecular weight is 491 g/mol. The molecular formula is C28H34N4O4. The largest absolute Gasteiger partial charge is 0.356 e. The van der Waals surface area contributed by atoms with Crippen LogP contribution < -0.4 is 10.6 Å². The molecule has 3 N–H and O–H groups in total. The number of Topliss-reactive ketones (excluding diaryl/α,β-unsaturated/α-hetero) is 1. The second kappa shape index (κ2) is 10.3. The molecule has 190 valence electrons. The standard InChI is InChI=1S/C28H34N4O4/c1-2-24(33)23(15-18-13-14-29-26(18)34)31-27(35)25-20-10-6-9-19(20)16-32(25)28(36)22-12-11-21(30-22)17-7-4-3-5-8-17/h3-5,7-8,11-12,18-20,23,25,30H,2,6,9-10,13-16H2,1H3,(H,29,34)(H,31,35). The molecule has 1 saturated carbocycles. The van der Waals surface area contributed by atoms with Gasteiger partial charge < -0.3 is 20.5 Å². The Hall–Kier alpha value is -3.42. The minimum atomic E-state index is -0.719. The van der Waals surface area contributed by atoms with Crippen LogP contribution in [-0.4, -0.2) is 58.6 Å². The molecule has 0 radical (unpaired) electrons. The van der Waals surface area contributed by atoms with E-state index in [0.717, 1.165) is 30.5 Å². The molecule has 3 fully saturated rings. The average Bonchev–Trinajstić information content (AvgIpc) is 3.68. The summed E-state index contributed by atoms with van der Waals surface area (Å²) in [6, 6.07) is 12.1. The fourth-order valence-corrected chi connectivity index (χ4v) is 6.24. The van der Waals surface area contributed by atoms with E-state index in [-0.39, 0.29) is 47.7 Å². The first kappa shape index (κ1) is 24.3. The van der Waals surface area contributed by atoms with E-state index in [1.807, 2.05) is 36.4 Å². The number of likely N-dealkylation sites (tertiary alicyclic amines) is 1. The quantitative estimate of drug-likeness (QED) is 0.528. The number of fused-ring (bicyclic) bond motifs is 1. The van der Waals surface area contributed by atoms with Gasteiger partial charge in [0.25, 0.3) is 5.91 Å². The number of nitrogens with one attached hydrogen (secondary N) is 3. The Morgan fingerprint density at radius 3 is 2.61 bits per heavy atom.